The third kappa shape index (κ3) is 2.88. The van der Waals surface area contributed by atoms with Gasteiger partial charge in [0.15, 0.2) is 11.5 Å². The predicted molar refractivity (Wildman–Crippen MR) is 80.8 cm³/mol. The molecule has 5 heteroatoms. The second kappa shape index (κ2) is 6.18. The van der Waals surface area contributed by atoms with Crippen molar-refractivity contribution in [2.45, 2.75) is 19.4 Å². The molecule has 1 aliphatic rings. The molecule has 3 rings (SSSR count). The smallest absolute Gasteiger partial charge is 0.161 e. The fourth-order valence-corrected chi connectivity index (χ4v) is 2.62. The Balaban J connectivity index is 1.96. The van der Waals surface area contributed by atoms with Gasteiger partial charge in [0.1, 0.15) is 0 Å². The van der Waals surface area contributed by atoms with Crippen LogP contribution in [0.5, 0.6) is 11.5 Å². The Kier molecular flexibility index (Phi) is 4.10. The number of fused-ring (bicyclic) bond motifs is 1. The van der Waals surface area contributed by atoms with Crippen LogP contribution in [0.1, 0.15) is 30.6 Å². The highest BCUT2D eigenvalue weighted by Gasteiger charge is 2.19. The lowest BCUT2D eigenvalue weighted by Crippen LogP contribution is -2.24. The number of rotatable bonds is 4. The van der Waals surface area contributed by atoms with Crippen molar-refractivity contribution in [1.82, 2.24) is 15.1 Å². The van der Waals surface area contributed by atoms with Crippen LogP contribution < -0.4 is 14.8 Å². The quantitative estimate of drug-likeness (QED) is 0.937. The predicted octanol–water partition coefficient (Wildman–Crippen LogP) is 2.28. The topological polar surface area (TPSA) is 48.3 Å². The fraction of sp³-hybridized carbons (Fsp3) is 0.438. The lowest BCUT2D eigenvalue weighted by molar-refractivity contribution is 0.297. The summed E-state index contributed by atoms with van der Waals surface area (Å²) in [6, 6.07) is 8.29. The van der Waals surface area contributed by atoms with E-state index >= 15 is 0 Å². The molecule has 0 spiro atoms. The van der Waals surface area contributed by atoms with E-state index in [1.807, 2.05) is 30.1 Å². The van der Waals surface area contributed by atoms with Crippen molar-refractivity contribution in [2.24, 2.45) is 7.05 Å². The first-order chi connectivity index (χ1) is 10.3. The molecule has 1 atom stereocenters. The highest BCUT2D eigenvalue weighted by molar-refractivity contribution is 5.45. The SMILES string of the molecule is CCNC(c1ccc2c(c1)OCCCO2)c1ccnn1C. The molecule has 0 aliphatic carbocycles. The van der Waals surface area contributed by atoms with E-state index in [1.165, 1.54) is 0 Å². The van der Waals surface area contributed by atoms with Gasteiger partial charge >= 0.3 is 0 Å². The highest BCUT2D eigenvalue weighted by atomic mass is 16.5. The molecule has 1 aromatic carbocycles. The van der Waals surface area contributed by atoms with Crippen LogP contribution in [0.4, 0.5) is 0 Å². The molecule has 0 fully saturated rings. The van der Waals surface area contributed by atoms with E-state index < -0.39 is 0 Å². The molecule has 1 aliphatic heterocycles. The van der Waals surface area contributed by atoms with Crippen LogP contribution in [-0.4, -0.2) is 29.5 Å². The first-order valence-corrected chi connectivity index (χ1v) is 7.40. The third-order valence-corrected chi connectivity index (χ3v) is 3.67. The summed E-state index contributed by atoms with van der Waals surface area (Å²) in [5.41, 5.74) is 2.29. The molecule has 2 aromatic rings. The summed E-state index contributed by atoms with van der Waals surface area (Å²) >= 11 is 0. The molecule has 1 aromatic heterocycles. The van der Waals surface area contributed by atoms with Crippen LogP contribution in [0, 0.1) is 0 Å². The Labute approximate surface area is 124 Å². The molecule has 1 unspecified atom stereocenters. The van der Waals surface area contributed by atoms with Gasteiger partial charge in [-0.1, -0.05) is 13.0 Å². The highest BCUT2D eigenvalue weighted by Crippen LogP contribution is 2.33. The second-order valence-corrected chi connectivity index (χ2v) is 5.13. The van der Waals surface area contributed by atoms with E-state index in [0.29, 0.717) is 13.2 Å². The van der Waals surface area contributed by atoms with Gasteiger partial charge < -0.3 is 14.8 Å². The minimum Gasteiger partial charge on any atom is -0.490 e. The van der Waals surface area contributed by atoms with Crippen LogP contribution in [0.25, 0.3) is 0 Å². The monoisotopic (exact) mass is 287 g/mol. The number of ether oxygens (including phenoxy) is 2. The van der Waals surface area contributed by atoms with E-state index in [2.05, 4.69) is 29.5 Å². The standard InChI is InChI=1S/C16H21N3O2/c1-3-17-16(13-7-8-18-19(13)2)12-5-6-14-15(11-12)21-10-4-9-20-14/h5-8,11,16-17H,3-4,9-10H2,1-2H3. The molecule has 2 heterocycles. The van der Waals surface area contributed by atoms with Crippen molar-refractivity contribution in [1.29, 1.82) is 0 Å². The van der Waals surface area contributed by atoms with Crippen molar-refractivity contribution >= 4 is 0 Å². The normalized spacial score (nSPS) is 15.5. The molecule has 112 valence electrons. The van der Waals surface area contributed by atoms with E-state index in [4.69, 9.17) is 9.47 Å². The van der Waals surface area contributed by atoms with Crippen LogP contribution in [0.15, 0.2) is 30.5 Å². The number of aryl methyl sites for hydroxylation is 1. The van der Waals surface area contributed by atoms with Gasteiger partial charge in [-0.15, -0.1) is 0 Å². The van der Waals surface area contributed by atoms with Gasteiger partial charge in [0.05, 0.1) is 24.9 Å². The fourth-order valence-electron chi connectivity index (χ4n) is 2.62. The third-order valence-electron chi connectivity index (χ3n) is 3.67. The maximum atomic E-state index is 5.79. The molecule has 21 heavy (non-hydrogen) atoms. The summed E-state index contributed by atoms with van der Waals surface area (Å²) in [5.74, 6) is 1.66. The number of nitrogens with zero attached hydrogens (tertiary/aromatic N) is 2. The first-order valence-electron chi connectivity index (χ1n) is 7.40. The molecule has 0 amide bonds. The van der Waals surface area contributed by atoms with Crippen LogP contribution in [-0.2, 0) is 7.05 Å². The van der Waals surface area contributed by atoms with E-state index in [9.17, 15) is 0 Å². The lowest BCUT2D eigenvalue weighted by atomic mass is 10.0. The lowest BCUT2D eigenvalue weighted by Gasteiger charge is -2.20. The van der Waals surface area contributed by atoms with Crippen molar-refractivity contribution in [3.05, 3.63) is 41.7 Å². The van der Waals surface area contributed by atoms with Crippen LogP contribution in [0.3, 0.4) is 0 Å². The van der Waals surface area contributed by atoms with Gasteiger partial charge in [-0.05, 0) is 30.3 Å². The van der Waals surface area contributed by atoms with Crippen LogP contribution in [0.2, 0.25) is 0 Å². The molecule has 5 nitrogen and oxygen atoms in total. The number of hydrogen-bond acceptors (Lipinski definition) is 4. The van der Waals surface area contributed by atoms with E-state index in [0.717, 1.165) is 35.7 Å². The van der Waals surface area contributed by atoms with Crippen LogP contribution >= 0.6 is 0 Å². The number of benzene rings is 1. The molecule has 0 radical (unpaired) electrons. The Morgan fingerprint density at radius 1 is 1.24 bits per heavy atom. The van der Waals surface area contributed by atoms with Gasteiger partial charge in [-0.25, -0.2) is 0 Å². The zero-order valence-electron chi connectivity index (χ0n) is 12.5. The summed E-state index contributed by atoms with van der Waals surface area (Å²) in [6.07, 6.45) is 2.74. The van der Waals surface area contributed by atoms with Crippen molar-refractivity contribution in [3.63, 3.8) is 0 Å². The average molecular weight is 287 g/mol. The summed E-state index contributed by atoms with van der Waals surface area (Å²) in [5, 5.41) is 7.78. The summed E-state index contributed by atoms with van der Waals surface area (Å²) in [6.45, 7) is 4.40. The first kappa shape index (κ1) is 13.9. The molecular weight excluding hydrogens is 266 g/mol. The Hall–Kier alpha value is -2.01. The summed E-state index contributed by atoms with van der Waals surface area (Å²) in [7, 11) is 1.96. The van der Waals surface area contributed by atoms with Crippen molar-refractivity contribution in [2.75, 3.05) is 19.8 Å². The molecule has 1 N–H and O–H groups in total. The maximum Gasteiger partial charge on any atom is 0.161 e. The zero-order chi connectivity index (χ0) is 14.7. The molecule has 0 saturated heterocycles. The zero-order valence-corrected chi connectivity index (χ0v) is 12.5. The average Bonchev–Trinajstić information content (AvgIpc) is 2.78. The molecule has 0 saturated carbocycles. The van der Waals surface area contributed by atoms with Gasteiger partial charge in [-0.3, -0.25) is 4.68 Å². The van der Waals surface area contributed by atoms with Gasteiger partial charge in [0, 0.05) is 19.7 Å². The maximum absolute atomic E-state index is 5.79. The summed E-state index contributed by atoms with van der Waals surface area (Å²) in [4.78, 5) is 0. The summed E-state index contributed by atoms with van der Waals surface area (Å²) < 4.78 is 13.4. The van der Waals surface area contributed by atoms with Gasteiger partial charge in [0.25, 0.3) is 0 Å². The van der Waals surface area contributed by atoms with Gasteiger partial charge in [0.2, 0.25) is 0 Å². The van der Waals surface area contributed by atoms with E-state index in [1.54, 1.807) is 0 Å². The second-order valence-electron chi connectivity index (χ2n) is 5.13. The van der Waals surface area contributed by atoms with E-state index in [-0.39, 0.29) is 6.04 Å². The Morgan fingerprint density at radius 3 is 2.76 bits per heavy atom. The Morgan fingerprint density at radius 2 is 2.05 bits per heavy atom. The number of aromatic nitrogens is 2. The molecule has 0 bridgehead atoms. The number of nitrogens with one attached hydrogen (secondary N) is 1. The minimum atomic E-state index is 0.0969. The minimum absolute atomic E-state index is 0.0969. The number of hydrogen-bond donors (Lipinski definition) is 1. The van der Waals surface area contributed by atoms with Crippen molar-refractivity contribution in [3.8, 4) is 11.5 Å². The largest absolute Gasteiger partial charge is 0.490 e. The molecular formula is C16H21N3O2. The van der Waals surface area contributed by atoms with Gasteiger partial charge in [-0.2, -0.15) is 5.10 Å². The van der Waals surface area contributed by atoms with Crippen molar-refractivity contribution < 1.29 is 9.47 Å². The Bertz CT molecular complexity index is 609.